The topological polar surface area (TPSA) is 17.3 Å². The first-order chi connectivity index (χ1) is 17.2. The average Bonchev–Trinajstić information content (AvgIpc) is 3.16. The maximum Gasteiger partial charge on any atom is 0.145 e. The minimum Gasteiger partial charge on any atom is -0.292 e. The van der Waals surface area contributed by atoms with Crippen LogP contribution in [-0.4, -0.2) is 9.38 Å². The lowest BCUT2D eigenvalue weighted by Gasteiger charge is -2.14. The van der Waals surface area contributed by atoms with Crippen LogP contribution in [0.4, 0.5) is 0 Å². The van der Waals surface area contributed by atoms with Crippen molar-refractivity contribution in [1.82, 2.24) is 9.38 Å². The van der Waals surface area contributed by atoms with E-state index in [0.717, 1.165) is 0 Å². The normalized spacial score (nSPS) is 18.2. The molecule has 26 heavy (non-hydrogen) atoms. The molecule has 2 aromatic heterocycles. The Morgan fingerprint density at radius 2 is 1.88 bits per heavy atom. The summed E-state index contributed by atoms with van der Waals surface area (Å²) in [5.74, 6) is 0. The van der Waals surface area contributed by atoms with Crippen molar-refractivity contribution in [3.8, 4) is 11.3 Å². The van der Waals surface area contributed by atoms with Crippen LogP contribution >= 0.6 is 0 Å². The molecule has 2 heteroatoms. The van der Waals surface area contributed by atoms with Crippen LogP contribution in [0, 0.1) is 20.7 Å². The summed E-state index contributed by atoms with van der Waals surface area (Å²) in [4.78, 5) is 4.35. The molecule has 0 spiro atoms. The van der Waals surface area contributed by atoms with Gasteiger partial charge in [-0.1, -0.05) is 54.0 Å². The van der Waals surface area contributed by atoms with Crippen molar-refractivity contribution in [2.24, 2.45) is 0 Å². The van der Waals surface area contributed by atoms with E-state index in [4.69, 9.17) is 15.1 Å². The monoisotopic (exact) mass is 347 g/mol. The van der Waals surface area contributed by atoms with Crippen LogP contribution in [0.25, 0.3) is 38.6 Å². The van der Waals surface area contributed by atoms with E-state index in [0.29, 0.717) is 0 Å². The minimum atomic E-state index is -2.61. The highest BCUT2D eigenvalue weighted by atomic mass is 15.0. The molecular formula is C24H20N2. The molecule has 0 atom stereocenters. The molecule has 2 heterocycles. The predicted octanol–water partition coefficient (Wildman–Crippen LogP) is 6.23. The Hall–Kier alpha value is -3.13. The zero-order valence-electron chi connectivity index (χ0n) is 25.1. The maximum absolute atomic E-state index is 8.82. The summed E-state index contributed by atoms with van der Waals surface area (Å²) in [6, 6.07) is 2.30. The van der Waals surface area contributed by atoms with Crippen LogP contribution in [0.2, 0.25) is 0 Å². The van der Waals surface area contributed by atoms with Gasteiger partial charge in [0.2, 0.25) is 0 Å². The van der Waals surface area contributed by atoms with Gasteiger partial charge >= 0.3 is 0 Å². The molecule has 0 amide bonds. The van der Waals surface area contributed by atoms with E-state index in [1.807, 2.05) is 0 Å². The molecule has 3 aromatic carbocycles. The number of nitrogens with zero attached hydrogens (tertiary/aromatic N) is 2. The molecule has 0 aliphatic carbocycles. The van der Waals surface area contributed by atoms with Crippen molar-refractivity contribution in [3.05, 3.63) is 83.4 Å². The lowest BCUT2D eigenvalue weighted by Crippen LogP contribution is -1.96. The molecule has 0 unspecified atom stereocenters. The Balaban J connectivity index is 2.21. The second kappa shape index (κ2) is 5.43. The van der Waals surface area contributed by atoms with E-state index < -0.39 is 6.85 Å². The highest BCUT2D eigenvalue weighted by Crippen LogP contribution is 2.35. The Kier molecular flexibility index (Phi) is 1.59. The standard InChI is InChI=1S/C24H20N2/c1-15-11-12-21-20(13-15)18-9-4-5-10-19(18)24-25-14-22(26(21)24)23-16(2)7-6-8-17(23)3/h4-14H,1-3H3/i2D3,4D,5D,8D,9D,11D,12D,13D,14D. The fraction of sp³-hybridized carbons (Fsp3) is 0.125. The zero-order valence-corrected chi connectivity index (χ0v) is 14.1. The number of rotatable bonds is 1. The van der Waals surface area contributed by atoms with Crippen molar-refractivity contribution >= 4 is 27.3 Å². The van der Waals surface area contributed by atoms with E-state index >= 15 is 0 Å². The summed E-state index contributed by atoms with van der Waals surface area (Å²) in [7, 11) is 0. The van der Waals surface area contributed by atoms with E-state index in [9.17, 15) is 0 Å². The Morgan fingerprint density at radius 3 is 2.77 bits per heavy atom. The van der Waals surface area contributed by atoms with Gasteiger partial charge in [0.1, 0.15) is 5.65 Å². The van der Waals surface area contributed by atoms with Crippen molar-refractivity contribution in [2.45, 2.75) is 20.7 Å². The molecule has 5 rings (SSSR count). The number of fused-ring (bicyclic) bond motifs is 6. The molecule has 0 bridgehead atoms. The molecule has 2 nitrogen and oxygen atoms in total. The van der Waals surface area contributed by atoms with Gasteiger partial charge in [-0.15, -0.1) is 0 Å². The number of pyridine rings is 1. The van der Waals surface area contributed by atoms with Gasteiger partial charge in [-0.3, -0.25) is 4.40 Å². The quantitative estimate of drug-likeness (QED) is 0.328. The molecule has 5 aromatic rings. The maximum atomic E-state index is 8.82. The first kappa shape index (κ1) is 7.63. The molecule has 126 valence electrons. The van der Waals surface area contributed by atoms with Crippen molar-refractivity contribution in [1.29, 1.82) is 0 Å². The third-order valence-electron chi connectivity index (χ3n) is 4.51. The van der Waals surface area contributed by atoms with Crippen molar-refractivity contribution in [3.63, 3.8) is 0 Å². The van der Waals surface area contributed by atoms with Gasteiger partial charge in [-0.25, -0.2) is 4.98 Å². The molecule has 0 radical (unpaired) electrons. The summed E-state index contributed by atoms with van der Waals surface area (Å²) in [5, 5.41) is 0.371. The van der Waals surface area contributed by atoms with Crippen LogP contribution in [-0.2, 0) is 0 Å². The van der Waals surface area contributed by atoms with Gasteiger partial charge in [-0.2, -0.15) is 0 Å². The second-order valence-corrected chi connectivity index (χ2v) is 6.17. The fourth-order valence-corrected chi connectivity index (χ4v) is 3.35. The van der Waals surface area contributed by atoms with Crippen molar-refractivity contribution in [2.75, 3.05) is 0 Å². The largest absolute Gasteiger partial charge is 0.292 e. The molecule has 0 N–H and O–H groups in total. The third-order valence-corrected chi connectivity index (χ3v) is 4.51. The lowest BCUT2D eigenvalue weighted by molar-refractivity contribution is 1.24. The summed E-state index contributed by atoms with van der Waals surface area (Å²) in [6.45, 7) is 0.456. The molecule has 0 saturated heterocycles. The fourth-order valence-electron chi connectivity index (χ4n) is 3.35. The molecule has 0 aliphatic rings. The summed E-state index contributed by atoms with van der Waals surface area (Å²) < 4.78 is 93.8. The number of aromatic nitrogens is 2. The van der Waals surface area contributed by atoms with Crippen LogP contribution in [0.5, 0.6) is 0 Å². The van der Waals surface area contributed by atoms with Gasteiger partial charge in [0, 0.05) is 20.4 Å². The summed E-state index contributed by atoms with van der Waals surface area (Å²) in [5.41, 5.74) is 0.384. The first-order valence-electron chi connectivity index (χ1n) is 13.6. The molecule has 0 aliphatic heterocycles. The summed E-state index contributed by atoms with van der Waals surface area (Å²) >= 11 is 0. The Morgan fingerprint density at radius 1 is 0.962 bits per heavy atom. The minimum absolute atomic E-state index is 0.0243. The Labute approximate surface area is 168 Å². The third kappa shape index (κ3) is 2.02. The van der Waals surface area contributed by atoms with Gasteiger partial charge < -0.3 is 0 Å². The van der Waals surface area contributed by atoms with Crippen LogP contribution in [0.15, 0.2) is 66.7 Å². The van der Waals surface area contributed by atoms with E-state index in [1.54, 1.807) is 6.92 Å². The lowest BCUT2D eigenvalue weighted by atomic mass is 9.99. The predicted molar refractivity (Wildman–Crippen MR) is 110 cm³/mol. The van der Waals surface area contributed by atoms with E-state index in [-0.39, 0.29) is 104 Å². The number of aryl methyl sites for hydroxylation is 1. The zero-order chi connectivity index (χ0) is 27.3. The van der Waals surface area contributed by atoms with Crippen LogP contribution < -0.4 is 0 Å². The van der Waals surface area contributed by atoms with E-state index in [2.05, 4.69) is 4.98 Å². The highest BCUT2D eigenvalue weighted by molar-refractivity contribution is 6.12. The number of hydrogen-bond donors (Lipinski definition) is 0. The van der Waals surface area contributed by atoms with E-state index in [1.165, 1.54) is 29.5 Å². The van der Waals surface area contributed by atoms with Crippen LogP contribution in [0.1, 0.15) is 31.8 Å². The Bertz CT molecular complexity index is 1820. The number of hydrogen-bond acceptors (Lipinski definition) is 1. The number of imidazole rings is 1. The second-order valence-electron chi connectivity index (χ2n) is 6.17. The van der Waals surface area contributed by atoms with Gasteiger partial charge in [-0.05, 0) is 49.3 Å². The van der Waals surface area contributed by atoms with Gasteiger partial charge in [0.15, 0.2) is 0 Å². The van der Waals surface area contributed by atoms with Crippen LogP contribution in [0.3, 0.4) is 0 Å². The smallest absolute Gasteiger partial charge is 0.145 e. The number of benzene rings is 3. The highest BCUT2D eigenvalue weighted by Gasteiger charge is 2.16. The van der Waals surface area contributed by atoms with Gasteiger partial charge in [0.05, 0.1) is 28.3 Å². The van der Waals surface area contributed by atoms with Gasteiger partial charge in [0.25, 0.3) is 0 Å². The molecule has 0 fully saturated rings. The molecule has 0 saturated carbocycles. The first-order valence-corrected chi connectivity index (χ1v) is 8.11. The SMILES string of the molecule is [2H]c1cc2c(c([2H])c1[2H])c1c([2H])c(C)c([2H])c([2H])c1n1c(-c3c(C([2H])([2H])[2H])ccc([2H])c3C)c([2H])nc21. The average molecular weight is 348 g/mol. The van der Waals surface area contributed by atoms with Crippen molar-refractivity contribution < 1.29 is 15.1 Å². The summed E-state index contributed by atoms with van der Waals surface area (Å²) in [6.07, 6.45) is -0.362. The molecular weight excluding hydrogens is 316 g/mol.